The van der Waals surface area contributed by atoms with Crippen molar-refractivity contribution in [3.05, 3.63) is 69.2 Å². The number of rotatable bonds is 4. The third kappa shape index (κ3) is 4.38. The summed E-state index contributed by atoms with van der Waals surface area (Å²) in [5.41, 5.74) is 3.26. The number of ether oxygens (including phenoxy) is 1. The summed E-state index contributed by atoms with van der Waals surface area (Å²) >= 11 is 12.5. The smallest absolute Gasteiger partial charge is 0.0836 e. The molecule has 3 rings (SSSR count). The quantitative estimate of drug-likeness (QED) is 0.787. The number of halogens is 2. The lowest BCUT2D eigenvalue weighted by atomic mass is 9.69. The van der Waals surface area contributed by atoms with E-state index in [2.05, 4.69) is 25.1 Å². The molecule has 0 amide bonds. The molecule has 1 fully saturated rings. The molecule has 2 atom stereocenters. The maximum Gasteiger partial charge on any atom is 0.0836 e. The number of aryl methyl sites for hydroxylation is 1. The minimum Gasteiger partial charge on any atom is -0.390 e. The second-order valence-electron chi connectivity index (χ2n) is 7.07. The van der Waals surface area contributed by atoms with Crippen LogP contribution < -0.4 is 0 Å². The Hall–Kier alpha value is -1.06. The van der Waals surface area contributed by atoms with Gasteiger partial charge in [0.05, 0.1) is 12.7 Å². The van der Waals surface area contributed by atoms with Gasteiger partial charge in [-0.05, 0) is 61.4 Å². The molecule has 1 aliphatic rings. The van der Waals surface area contributed by atoms with Crippen LogP contribution in [0.5, 0.6) is 0 Å². The highest BCUT2D eigenvalue weighted by Gasteiger charge is 2.40. The van der Waals surface area contributed by atoms with Gasteiger partial charge in [0.25, 0.3) is 0 Å². The average Bonchev–Trinajstić information content (AvgIpc) is 2.75. The molecule has 1 saturated heterocycles. The van der Waals surface area contributed by atoms with Gasteiger partial charge < -0.3 is 9.84 Å². The second kappa shape index (κ2) is 8.09. The molecule has 1 N–H and O–H groups in total. The van der Waals surface area contributed by atoms with Crippen LogP contribution in [0.4, 0.5) is 0 Å². The Morgan fingerprint density at radius 1 is 1.12 bits per heavy atom. The molecule has 1 aliphatic heterocycles. The van der Waals surface area contributed by atoms with Crippen LogP contribution in [0.25, 0.3) is 0 Å². The van der Waals surface area contributed by atoms with Gasteiger partial charge in [0.2, 0.25) is 0 Å². The Kier molecular flexibility index (Phi) is 6.06. The fourth-order valence-corrected chi connectivity index (χ4v) is 4.25. The number of hydrogen-bond acceptors (Lipinski definition) is 2. The second-order valence-corrected chi connectivity index (χ2v) is 7.92. The van der Waals surface area contributed by atoms with Crippen molar-refractivity contribution < 1.29 is 9.84 Å². The normalized spacial score (nSPS) is 24.1. The summed E-state index contributed by atoms with van der Waals surface area (Å²) in [6, 6.07) is 14.0. The molecule has 2 aromatic carbocycles. The SMILES string of the molecule is Cc1ccccc1CC1(Cc2ccc(Cl)cc2Cl)CCCOCC1O. The van der Waals surface area contributed by atoms with E-state index in [0.717, 1.165) is 24.8 Å². The topological polar surface area (TPSA) is 29.5 Å². The molecular weight excluding hydrogens is 355 g/mol. The van der Waals surface area contributed by atoms with Gasteiger partial charge >= 0.3 is 0 Å². The van der Waals surface area contributed by atoms with Crippen LogP contribution in [0.3, 0.4) is 0 Å². The van der Waals surface area contributed by atoms with Gasteiger partial charge in [-0.15, -0.1) is 0 Å². The Labute approximate surface area is 159 Å². The molecule has 0 aliphatic carbocycles. The van der Waals surface area contributed by atoms with Crippen molar-refractivity contribution in [3.8, 4) is 0 Å². The van der Waals surface area contributed by atoms with E-state index in [-0.39, 0.29) is 5.41 Å². The molecule has 2 aromatic rings. The summed E-state index contributed by atoms with van der Waals surface area (Å²) in [6.07, 6.45) is 2.84. The summed E-state index contributed by atoms with van der Waals surface area (Å²) in [5, 5.41) is 12.3. The monoisotopic (exact) mass is 378 g/mol. The molecular formula is C21H24Cl2O2. The van der Waals surface area contributed by atoms with E-state index in [9.17, 15) is 5.11 Å². The van der Waals surface area contributed by atoms with Gasteiger partial charge in [-0.25, -0.2) is 0 Å². The lowest BCUT2D eigenvalue weighted by Crippen LogP contribution is -2.41. The van der Waals surface area contributed by atoms with Crippen molar-refractivity contribution in [3.63, 3.8) is 0 Å². The lowest BCUT2D eigenvalue weighted by molar-refractivity contribution is -0.0210. The van der Waals surface area contributed by atoms with Crippen molar-refractivity contribution in [2.24, 2.45) is 5.41 Å². The van der Waals surface area contributed by atoms with E-state index in [1.54, 1.807) is 6.07 Å². The first kappa shape index (κ1) is 18.7. The molecule has 0 radical (unpaired) electrons. The van der Waals surface area contributed by atoms with Gasteiger partial charge in [0, 0.05) is 22.1 Å². The van der Waals surface area contributed by atoms with E-state index in [1.165, 1.54) is 11.1 Å². The molecule has 25 heavy (non-hydrogen) atoms. The molecule has 134 valence electrons. The largest absolute Gasteiger partial charge is 0.390 e. The number of aliphatic hydroxyl groups is 1. The maximum atomic E-state index is 11.0. The van der Waals surface area contributed by atoms with Crippen LogP contribution in [0.1, 0.15) is 29.5 Å². The summed E-state index contributed by atoms with van der Waals surface area (Å²) in [6.45, 7) is 3.19. The zero-order valence-electron chi connectivity index (χ0n) is 14.5. The third-order valence-electron chi connectivity index (χ3n) is 5.31. The van der Waals surface area contributed by atoms with Gasteiger partial charge in [-0.2, -0.15) is 0 Å². The highest BCUT2D eigenvalue weighted by Crippen LogP contribution is 2.40. The van der Waals surface area contributed by atoms with E-state index in [4.69, 9.17) is 27.9 Å². The average molecular weight is 379 g/mol. The molecule has 2 unspecified atom stereocenters. The molecule has 0 saturated carbocycles. The Bertz CT molecular complexity index is 732. The van der Waals surface area contributed by atoms with Crippen LogP contribution >= 0.6 is 23.2 Å². The third-order valence-corrected chi connectivity index (χ3v) is 5.89. The maximum absolute atomic E-state index is 11.0. The van der Waals surface area contributed by atoms with Crippen LogP contribution in [-0.2, 0) is 17.6 Å². The van der Waals surface area contributed by atoms with Crippen LogP contribution in [0.15, 0.2) is 42.5 Å². The fraction of sp³-hybridized carbons (Fsp3) is 0.429. The van der Waals surface area contributed by atoms with Crippen LogP contribution in [0, 0.1) is 12.3 Å². The Morgan fingerprint density at radius 3 is 2.64 bits per heavy atom. The summed E-state index contributed by atoms with van der Waals surface area (Å²) in [7, 11) is 0. The number of aliphatic hydroxyl groups excluding tert-OH is 1. The summed E-state index contributed by atoms with van der Waals surface area (Å²) in [5.74, 6) is 0. The van der Waals surface area contributed by atoms with Crippen molar-refractivity contribution in [2.75, 3.05) is 13.2 Å². The van der Waals surface area contributed by atoms with E-state index >= 15 is 0 Å². The van der Waals surface area contributed by atoms with Gasteiger partial charge in [-0.3, -0.25) is 0 Å². The predicted octanol–water partition coefficient (Wildman–Crippen LogP) is 5.24. The van der Waals surface area contributed by atoms with Gasteiger partial charge in [-0.1, -0.05) is 53.5 Å². The molecule has 0 aromatic heterocycles. The van der Waals surface area contributed by atoms with Gasteiger partial charge in [0.15, 0.2) is 0 Å². The minimum absolute atomic E-state index is 0.292. The predicted molar refractivity (Wildman–Crippen MR) is 104 cm³/mol. The number of benzene rings is 2. The summed E-state index contributed by atoms with van der Waals surface area (Å²) < 4.78 is 5.61. The first-order valence-corrected chi connectivity index (χ1v) is 9.50. The minimum atomic E-state index is -0.527. The number of hydrogen-bond donors (Lipinski definition) is 1. The molecule has 0 bridgehead atoms. The molecule has 1 heterocycles. The zero-order chi connectivity index (χ0) is 17.9. The van der Waals surface area contributed by atoms with E-state index in [0.29, 0.717) is 29.7 Å². The van der Waals surface area contributed by atoms with Gasteiger partial charge in [0.1, 0.15) is 0 Å². The highest BCUT2D eigenvalue weighted by atomic mass is 35.5. The Balaban J connectivity index is 1.97. The van der Waals surface area contributed by atoms with Crippen LogP contribution in [-0.4, -0.2) is 24.4 Å². The molecule has 2 nitrogen and oxygen atoms in total. The van der Waals surface area contributed by atoms with E-state index in [1.807, 2.05) is 18.2 Å². The van der Waals surface area contributed by atoms with Crippen molar-refractivity contribution in [1.82, 2.24) is 0 Å². The standard InChI is InChI=1S/C21H24Cl2O2/c1-15-5-2-3-6-16(15)12-21(9-4-10-25-14-20(21)24)13-17-7-8-18(22)11-19(17)23/h2-3,5-8,11,20,24H,4,9-10,12-14H2,1H3. The fourth-order valence-electron chi connectivity index (χ4n) is 3.77. The lowest BCUT2D eigenvalue weighted by Gasteiger charge is -2.37. The first-order valence-electron chi connectivity index (χ1n) is 8.74. The highest BCUT2D eigenvalue weighted by molar-refractivity contribution is 6.35. The van der Waals surface area contributed by atoms with Crippen molar-refractivity contribution in [1.29, 1.82) is 0 Å². The van der Waals surface area contributed by atoms with Crippen LogP contribution in [0.2, 0.25) is 10.0 Å². The molecule has 0 spiro atoms. The summed E-state index contributed by atoms with van der Waals surface area (Å²) in [4.78, 5) is 0. The van der Waals surface area contributed by atoms with E-state index < -0.39 is 6.10 Å². The van der Waals surface area contributed by atoms with Crippen molar-refractivity contribution in [2.45, 2.75) is 38.7 Å². The first-order chi connectivity index (χ1) is 12.0. The van der Waals surface area contributed by atoms with Crippen molar-refractivity contribution >= 4 is 23.2 Å². The molecule has 4 heteroatoms. The zero-order valence-corrected chi connectivity index (χ0v) is 16.0. The Morgan fingerprint density at radius 2 is 1.88 bits per heavy atom.